The van der Waals surface area contributed by atoms with Crippen LogP contribution in [-0.2, 0) is 4.79 Å². The van der Waals surface area contributed by atoms with Crippen LogP contribution in [-0.4, -0.2) is 19.0 Å². The van der Waals surface area contributed by atoms with Gasteiger partial charge in [-0.05, 0) is 30.2 Å². The lowest BCUT2D eigenvalue weighted by atomic mass is 10.0. The first-order valence-corrected chi connectivity index (χ1v) is 7.98. The fourth-order valence-electron chi connectivity index (χ4n) is 2.31. The molecule has 2 aromatic rings. The summed E-state index contributed by atoms with van der Waals surface area (Å²) in [6.07, 6.45) is 0. The minimum atomic E-state index is -0.658. The Hall–Kier alpha value is -2.37. The van der Waals surface area contributed by atoms with Crippen molar-refractivity contribution in [1.29, 1.82) is 0 Å². The summed E-state index contributed by atoms with van der Waals surface area (Å²) >= 11 is 5.91. The number of hydrogen-bond donors (Lipinski definition) is 3. The van der Waals surface area contributed by atoms with Crippen LogP contribution in [0.3, 0.4) is 0 Å². The van der Waals surface area contributed by atoms with E-state index < -0.39 is 18.0 Å². The Kier molecular flexibility index (Phi) is 6.35. The van der Waals surface area contributed by atoms with Gasteiger partial charge in [-0.1, -0.05) is 54.1 Å². The summed E-state index contributed by atoms with van der Waals surface area (Å²) in [5.74, 6) is -0.415. The molecule has 2 rings (SSSR count). The second-order valence-electron chi connectivity index (χ2n) is 5.35. The summed E-state index contributed by atoms with van der Waals surface area (Å²) in [5, 5.41) is 8.62. The smallest absolute Gasteiger partial charge is 0.321 e. The van der Waals surface area contributed by atoms with Gasteiger partial charge in [-0.25, -0.2) is 4.79 Å². The van der Waals surface area contributed by atoms with Crippen LogP contribution in [0.2, 0.25) is 5.02 Å². The van der Waals surface area contributed by atoms with E-state index in [4.69, 9.17) is 11.6 Å². The Labute approximate surface area is 146 Å². The zero-order valence-electron chi connectivity index (χ0n) is 13.5. The lowest BCUT2D eigenvalue weighted by Crippen LogP contribution is -2.44. The van der Waals surface area contributed by atoms with E-state index in [1.807, 2.05) is 49.4 Å². The third-order valence-electron chi connectivity index (χ3n) is 3.65. The van der Waals surface area contributed by atoms with Crippen molar-refractivity contribution in [3.8, 4) is 0 Å². The van der Waals surface area contributed by atoms with E-state index in [9.17, 15) is 9.59 Å². The van der Waals surface area contributed by atoms with Crippen molar-refractivity contribution in [3.05, 3.63) is 70.7 Å². The number of hydrogen-bond acceptors (Lipinski definition) is 3. The molecule has 0 fully saturated rings. The number of benzene rings is 2. The van der Waals surface area contributed by atoms with Gasteiger partial charge in [0.15, 0.2) is 0 Å². The molecule has 24 heavy (non-hydrogen) atoms. The first kappa shape index (κ1) is 18.0. The Morgan fingerprint density at radius 1 is 0.958 bits per heavy atom. The quantitative estimate of drug-likeness (QED) is 0.779. The molecule has 3 N–H and O–H groups in total. The van der Waals surface area contributed by atoms with E-state index in [1.54, 1.807) is 12.1 Å². The van der Waals surface area contributed by atoms with Crippen molar-refractivity contribution in [2.75, 3.05) is 7.05 Å². The van der Waals surface area contributed by atoms with E-state index in [-0.39, 0.29) is 6.04 Å². The zero-order chi connectivity index (χ0) is 17.5. The van der Waals surface area contributed by atoms with E-state index in [0.29, 0.717) is 5.02 Å². The number of urea groups is 1. The molecule has 0 aliphatic heterocycles. The number of carbonyl (C=O) groups is 2. The van der Waals surface area contributed by atoms with Crippen LogP contribution in [0.4, 0.5) is 4.79 Å². The topological polar surface area (TPSA) is 70.2 Å². The third kappa shape index (κ3) is 4.81. The van der Waals surface area contributed by atoms with Crippen molar-refractivity contribution in [2.24, 2.45) is 0 Å². The van der Waals surface area contributed by atoms with Gasteiger partial charge in [-0.3, -0.25) is 15.4 Å². The van der Waals surface area contributed by atoms with Crippen LogP contribution in [0.25, 0.3) is 0 Å². The van der Waals surface area contributed by atoms with Gasteiger partial charge in [0.25, 0.3) is 0 Å². The van der Waals surface area contributed by atoms with E-state index >= 15 is 0 Å². The average molecular weight is 346 g/mol. The van der Waals surface area contributed by atoms with Crippen molar-refractivity contribution in [1.82, 2.24) is 16.0 Å². The number of nitrogens with one attached hydrogen (secondary N) is 3. The minimum absolute atomic E-state index is 0.108. The minimum Gasteiger partial charge on any atom is -0.341 e. The number of imide groups is 1. The van der Waals surface area contributed by atoms with E-state index in [0.717, 1.165) is 11.1 Å². The SMILES string of the molecule is CNC(=O)NC(=O)[C@@H](N[C@H](C)c1ccc(Cl)cc1)c1ccccc1. The maximum absolute atomic E-state index is 12.5. The molecule has 0 saturated heterocycles. The fourth-order valence-corrected chi connectivity index (χ4v) is 2.44. The van der Waals surface area contributed by atoms with Gasteiger partial charge < -0.3 is 5.32 Å². The van der Waals surface area contributed by atoms with Crippen molar-refractivity contribution >= 4 is 23.5 Å². The predicted octanol–water partition coefficient (Wildman–Crippen LogP) is 3.19. The van der Waals surface area contributed by atoms with Gasteiger partial charge in [0.2, 0.25) is 5.91 Å². The van der Waals surface area contributed by atoms with Crippen LogP contribution >= 0.6 is 11.6 Å². The van der Waals surface area contributed by atoms with Gasteiger partial charge in [0, 0.05) is 18.1 Å². The van der Waals surface area contributed by atoms with Crippen LogP contribution in [0.5, 0.6) is 0 Å². The molecule has 0 aliphatic rings. The highest BCUT2D eigenvalue weighted by atomic mass is 35.5. The molecule has 0 spiro atoms. The van der Waals surface area contributed by atoms with Crippen LogP contribution in [0.1, 0.15) is 30.1 Å². The number of rotatable bonds is 5. The zero-order valence-corrected chi connectivity index (χ0v) is 14.3. The number of amides is 3. The molecule has 0 bridgehead atoms. The molecular formula is C18H20ClN3O2. The predicted molar refractivity (Wildman–Crippen MR) is 94.8 cm³/mol. The molecule has 126 valence electrons. The largest absolute Gasteiger partial charge is 0.341 e. The van der Waals surface area contributed by atoms with Crippen molar-refractivity contribution in [2.45, 2.75) is 19.0 Å². The molecular weight excluding hydrogens is 326 g/mol. The molecule has 0 radical (unpaired) electrons. The summed E-state index contributed by atoms with van der Waals surface area (Å²) in [7, 11) is 1.46. The molecule has 5 nitrogen and oxygen atoms in total. The molecule has 2 aromatic carbocycles. The molecule has 0 aromatic heterocycles. The second-order valence-corrected chi connectivity index (χ2v) is 5.79. The fraction of sp³-hybridized carbons (Fsp3) is 0.222. The summed E-state index contributed by atoms with van der Waals surface area (Å²) in [4.78, 5) is 23.9. The number of halogens is 1. The first-order chi connectivity index (χ1) is 11.5. The Morgan fingerprint density at radius 3 is 2.17 bits per heavy atom. The maximum Gasteiger partial charge on any atom is 0.321 e. The highest BCUT2D eigenvalue weighted by Gasteiger charge is 2.24. The van der Waals surface area contributed by atoms with Crippen molar-refractivity contribution < 1.29 is 9.59 Å². The number of carbonyl (C=O) groups excluding carboxylic acids is 2. The Morgan fingerprint density at radius 2 is 1.58 bits per heavy atom. The second kappa shape index (κ2) is 8.47. The lowest BCUT2D eigenvalue weighted by molar-refractivity contribution is -0.122. The highest BCUT2D eigenvalue weighted by Crippen LogP contribution is 2.21. The van der Waals surface area contributed by atoms with Gasteiger partial charge in [0.05, 0.1) is 0 Å². The monoisotopic (exact) mass is 345 g/mol. The molecule has 2 atom stereocenters. The van der Waals surface area contributed by atoms with Crippen molar-refractivity contribution in [3.63, 3.8) is 0 Å². The molecule has 6 heteroatoms. The normalized spacial score (nSPS) is 13.0. The molecule has 0 saturated carbocycles. The van der Waals surface area contributed by atoms with Crippen LogP contribution < -0.4 is 16.0 Å². The molecule has 0 unspecified atom stereocenters. The highest BCUT2D eigenvalue weighted by molar-refractivity contribution is 6.30. The lowest BCUT2D eigenvalue weighted by Gasteiger charge is -2.23. The summed E-state index contributed by atoms with van der Waals surface area (Å²) < 4.78 is 0. The molecule has 0 aliphatic carbocycles. The summed E-state index contributed by atoms with van der Waals surface area (Å²) in [6.45, 7) is 1.95. The van der Waals surface area contributed by atoms with Gasteiger partial charge >= 0.3 is 6.03 Å². The first-order valence-electron chi connectivity index (χ1n) is 7.60. The average Bonchev–Trinajstić information content (AvgIpc) is 2.60. The summed E-state index contributed by atoms with van der Waals surface area (Å²) in [6, 6.07) is 15.4. The van der Waals surface area contributed by atoms with E-state index in [1.165, 1.54) is 7.05 Å². The van der Waals surface area contributed by atoms with Crippen LogP contribution in [0.15, 0.2) is 54.6 Å². The Balaban J connectivity index is 2.20. The van der Waals surface area contributed by atoms with Gasteiger partial charge in [0.1, 0.15) is 6.04 Å². The molecule has 0 heterocycles. The van der Waals surface area contributed by atoms with Gasteiger partial charge in [-0.15, -0.1) is 0 Å². The Bertz CT molecular complexity index is 689. The van der Waals surface area contributed by atoms with Gasteiger partial charge in [-0.2, -0.15) is 0 Å². The third-order valence-corrected chi connectivity index (χ3v) is 3.90. The maximum atomic E-state index is 12.5. The molecule has 3 amide bonds. The van der Waals surface area contributed by atoms with E-state index in [2.05, 4.69) is 16.0 Å². The summed E-state index contributed by atoms with van der Waals surface area (Å²) in [5.41, 5.74) is 1.77. The standard InChI is InChI=1S/C18H20ClN3O2/c1-12(13-8-10-15(19)11-9-13)21-16(14-6-4-3-5-7-14)17(23)22-18(24)20-2/h3-12,16,21H,1-2H3,(H2,20,22,23,24)/t12-,16+/m1/s1. The van der Waals surface area contributed by atoms with Crippen LogP contribution in [0, 0.1) is 0 Å².